The molecule has 0 aliphatic rings. The molecule has 0 unspecified atom stereocenters. The Labute approximate surface area is 146 Å². The number of fused-ring (bicyclic) bond motifs is 2. The summed E-state index contributed by atoms with van der Waals surface area (Å²) in [6, 6.07) is 11.6. The van der Waals surface area contributed by atoms with Crippen LogP contribution in [0.2, 0.25) is 5.02 Å². The quantitative estimate of drug-likeness (QED) is 0.737. The summed E-state index contributed by atoms with van der Waals surface area (Å²) in [5, 5.41) is 5.47. The van der Waals surface area contributed by atoms with E-state index in [1.165, 1.54) is 0 Å². The van der Waals surface area contributed by atoms with Crippen molar-refractivity contribution in [3.05, 3.63) is 52.5 Å². The van der Waals surface area contributed by atoms with Crippen molar-refractivity contribution in [3.8, 4) is 0 Å². The molecule has 0 saturated carbocycles. The molecule has 0 radical (unpaired) electrons. The Morgan fingerprint density at radius 1 is 1.17 bits per heavy atom. The van der Waals surface area contributed by atoms with Crippen LogP contribution in [0.15, 0.2) is 36.4 Å². The molecule has 0 aliphatic carbocycles. The molecule has 5 heteroatoms. The zero-order valence-electron chi connectivity index (χ0n) is 14.1. The first-order valence-corrected chi connectivity index (χ1v) is 8.26. The molecule has 124 valence electrons. The molecule has 1 heterocycles. The lowest BCUT2D eigenvalue weighted by molar-refractivity contribution is 0.0952. The van der Waals surface area contributed by atoms with E-state index in [2.05, 4.69) is 16.4 Å². The van der Waals surface area contributed by atoms with Crippen molar-refractivity contribution in [1.29, 1.82) is 0 Å². The lowest BCUT2D eigenvalue weighted by atomic mass is 10.1. The van der Waals surface area contributed by atoms with Crippen LogP contribution in [0.5, 0.6) is 0 Å². The molecule has 24 heavy (non-hydrogen) atoms. The Hall–Kier alpha value is -2.17. The van der Waals surface area contributed by atoms with Crippen LogP contribution in [-0.2, 0) is 0 Å². The predicted molar refractivity (Wildman–Crippen MR) is 99.9 cm³/mol. The highest BCUT2D eigenvalue weighted by atomic mass is 35.5. The maximum absolute atomic E-state index is 12.5. The third kappa shape index (κ3) is 3.35. The fourth-order valence-corrected chi connectivity index (χ4v) is 3.07. The number of para-hydroxylation sites is 1. The van der Waals surface area contributed by atoms with E-state index in [0.29, 0.717) is 22.6 Å². The van der Waals surface area contributed by atoms with Crippen molar-refractivity contribution in [2.75, 3.05) is 27.2 Å². The number of hydrogen-bond donors (Lipinski definition) is 1. The SMILES string of the molecule is Cc1cc(Cl)c2nc3c(C(=O)NCCN(C)C)cccc3cc2c1. The molecule has 0 atom stereocenters. The van der Waals surface area contributed by atoms with Gasteiger partial charge in [-0.1, -0.05) is 23.7 Å². The maximum Gasteiger partial charge on any atom is 0.253 e. The first kappa shape index (κ1) is 16.7. The zero-order chi connectivity index (χ0) is 17.3. The second-order valence-electron chi connectivity index (χ2n) is 6.24. The number of aryl methyl sites for hydroxylation is 1. The molecule has 0 aliphatic heterocycles. The van der Waals surface area contributed by atoms with Crippen molar-refractivity contribution in [3.63, 3.8) is 0 Å². The lowest BCUT2D eigenvalue weighted by Crippen LogP contribution is -2.31. The first-order chi connectivity index (χ1) is 11.5. The number of rotatable bonds is 4. The summed E-state index contributed by atoms with van der Waals surface area (Å²) in [4.78, 5) is 19.2. The van der Waals surface area contributed by atoms with Crippen molar-refractivity contribution >= 4 is 39.3 Å². The van der Waals surface area contributed by atoms with Gasteiger partial charge in [0.25, 0.3) is 5.91 Å². The minimum absolute atomic E-state index is 0.113. The summed E-state index contributed by atoms with van der Waals surface area (Å²) in [5.41, 5.74) is 3.07. The average Bonchev–Trinajstić information content (AvgIpc) is 2.52. The molecule has 3 aromatic rings. The van der Waals surface area contributed by atoms with Gasteiger partial charge in [0.05, 0.1) is 21.6 Å². The van der Waals surface area contributed by atoms with Crippen molar-refractivity contribution in [2.45, 2.75) is 6.92 Å². The molecule has 0 spiro atoms. The number of nitrogens with zero attached hydrogens (tertiary/aromatic N) is 2. The standard InChI is InChI=1S/C19H20ClN3O/c1-12-9-14-11-13-5-4-6-15(19(24)21-7-8-23(2)3)17(13)22-18(14)16(20)10-12/h4-6,9-11H,7-8H2,1-3H3,(H,21,24). The minimum Gasteiger partial charge on any atom is -0.351 e. The Bertz CT molecular complexity index is 921. The van der Waals surface area contributed by atoms with Gasteiger partial charge >= 0.3 is 0 Å². The molecule has 0 saturated heterocycles. The lowest BCUT2D eigenvalue weighted by Gasteiger charge is -2.12. The van der Waals surface area contributed by atoms with Crippen LogP contribution >= 0.6 is 11.6 Å². The molecule has 1 amide bonds. The number of halogens is 1. The number of aromatic nitrogens is 1. The van der Waals surface area contributed by atoms with E-state index in [9.17, 15) is 4.79 Å². The van der Waals surface area contributed by atoms with E-state index in [1.807, 2.05) is 50.2 Å². The van der Waals surface area contributed by atoms with Crippen LogP contribution in [0.1, 0.15) is 15.9 Å². The molecule has 2 aromatic carbocycles. The van der Waals surface area contributed by atoms with Crippen LogP contribution in [0, 0.1) is 6.92 Å². The van der Waals surface area contributed by atoms with E-state index in [-0.39, 0.29) is 5.91 Å². The van der Waals surface area contributed by atoms with Gasteiger partial charge in [-0.2, -0.15) is 0 Å². The van der Waals surface area contributed by atoms with Crippen molar-refractivity contribution < 1.29 is 4.79 Å². The number of carbonyl (C=O) groups excluding carboxylic acids is 1. The van der Waals surface area contributed by atoms with Crippen LogP contribution in [0.3, 0.4) is 0 Å². The number of pyridine rings is 1. The van der Waals surface area contributed by atoms with Gasteiger partial charge in [-0.15, -0.1) is 0 Å². The number of carbonyl (C=O) groups is 1. The molecular weight excluding hydrogens is 322 g/mol. The summed E-state index contributed by atoms with van der Waals surface area (Å²) in [6.45, 7) is 3.39. The van der Waals surface area contributed by atoms with E-state index >= 15 is 0 Å². The maximum atomic E-state index is 12.5. The van der Waals surface area contributed by atoms with Gasteiger partial charge in [0, 0.05) is 23.9 Å². The van der Waals surface area contributed by atoms with E-state index in [0.717, 1.165) is 28.4 Å². The van der Waals surface area contributed by atoms with Gasteiger partial charge in [0.2, 0.25) is 0 Å². The third-order valence-electron chi connectivity index (χ3n) is 3.93. The van der Waals surface area contributed by atoms with Crippen LogP contribution in [-0.4, -0.2) is 43.0 Å². The average molecular weight is 342 g/mol. The Kier molecular flexibility index (Phi) is 4.69. The molecular formula is C19H20ClN3O. The fraction of sp³-hybridized carbons (Fsp3) is 0.263. The van der Waals surface area contributed by atoms with Gasteiger partial charge < -0.3 is 10.2 Å². The molecule has 1 N–H and O–H groups in total. The van der Waals surface area contributed by atoms with Crippen LogP contribution in [0.4, 0.5) is 0 Å². The first-order valence-electron chi connectivity index (χ1n) is 7.88. The van der Waals surface area contributed by atoms with E-state index in [1.54, 1.807) is 6.07 Å². The molecule has 4 nitrogen and oxygen atoms in total. The molecule has 0 fully saturated rings. The fourth-order valence-electron chi connectivity index (χ4n) is 2.74. The predicted octanol–water partition coefficient (Wildman–Crippen LogP) is 3.64. The van der Waals surface area contributed by atoms with E-state index < -0.39 is 0 Å². The largest absolute Gasteiger partial charge is 0.351 e. The summed E-state index contributed by atoms with van der Waals surface area (Å²) in [7, 11) is 3.95. The normalized spacial score (nSPS) is 11.4. The van der Waals surface area contributed by atoms with Gasteiger partial charge in [-0.3, -0.25) is 4.79 Å². The smallest absolute Gasteiger partial charge is 0.253 e. The number of benzene rings is 2. The summed E-state index contributed by atoms with van der Waals surface area (Å²) < 4.78 is 0. The molecule has 3 rings (SSSR count). The highest BCUT2D eigenvalue weighted by Crippen LogP contribution is 2.28. The minimum atomic E-state index is -0.113. The van der Waals surface area contributed by atoms with Gasteiger partial charge in [0.15, 0.2) is 0 Å². The second-order valence-corrected chi connectivity index (χ2v) is 6.65. The van der Waals surface area contributed by atoms with Crippen LogP contribution < -0.4 is 5.32 Å². The number of nitrogens with one attached hydrogen (secondary N) is 1. The number of likely N-dealkylation sites (N-methyl/N-ethyl adjacent to an activating group) is 1. The van der Waals surface area contributed by atoms with E-state index in [4.69, 9.17) is 11.6 Å². The molecule has 1 aromatic heterocycles. The monoisotopic (exact) mass is 341 g/mol. The summed E-state index contributed by atoms with van der Waals surface area (Å²) in [5.74, 6) is -0.113. The number of hydrogen-bond acceptors (Lipinski definition) is 3. The number of amides is 1. The summed E-state index contributed by atoms with van der Waals surface area (Å²) in [6.07, 6.45) is 0. The Balaban J connectivity index is 2.06. The highest BCUT2D eigenvalue weighted by molar-refractivity contribution is 6.35. The van der Waals surface area contributed by atoms with Crippen molar-refractivity contribution in [2.24, 2.45) is 0 Å². The van der Waals surface area contributed by atoms with Crippen LogP contribution in [0.25, 0.3) is 21.8 Å². The Morgan fingerprint density at radius 2 is 1.96 bits per heavy atom. The highest BCUT2D eigenvalue weighted by Gasteiger charge is 2.13. The van der Waals surface area contributed by atoms with Gasteiger partial charge in [0.1, 0.15) is 0 Å². The van der Waals surface area contributed by atoms with Gasteiger partial charge in [-0.05, 0) is 50.8 Å². The molecule has 0 bridgehead atoms. The Morgan fingerprint density at radius 3 is 2.71 bits per heavy atom. The third-order valence-corrected chi connectivity index (χ3v) is 4.22. The second kappa shape index (κ2) is 6.75. The summed E-state index contributed by atoms with van der Waals surface area (Å²) >= 11 is 6.34. The topological polar surface area (TPSA) is 45.2 Å². The zero-order valence-corrected chi connectivity index (χ0v) is 14.8. The van der Waals surface area contributed by atoms with Crippen molar-refractivity contribution in [1.82, 2.24) is 15.2 Å². The van der Waals surface area contributed by atoms with Gasteiger partial charge in [-0.25, -0.2) is 4.98 Å².